The summed E-state index contributed by atoms with van der Waals surface area (Å²) in [6.45, 7) is -0.357. The minimum atomic E-state index is -1.24. The molecule has 1 aromatic rings. The van der Waals surface area contributed by atoms with Crippen LogP contribution in [-0.4, -0.2) is 34.7 Å². The van der Waals surface area contributed by atoms with Crippen LogP contribution in [0.25, 0.3) is 0 Å². The first-order chi connectivity index (χ1) is 8.45. The van der Waals surface area contributed by atoms with Crippen LogP contribution in [0.15, 0.2) is 22.7 Å². The standard InChI is InChI=1S/C11H11BrFNO4/c12-7-5-6(1-2-8(7)13)10(16)14-9(3-4-15)11(17)18/h1-2,5,9,15H,3-4H2,(H,14,16)(H,17,18)/t9-/m1/s1. The summed E-state index contributed by atoms with van der Waals surface area (Å²) in [7, 11) is 0. The Balaban J connectivity index is 2.80. The Morgan fingerprint density at radius 2 is 2.11 bits per heavy atom. The average molecular weight is 320 g/mol. The van der Waals surface area contributed by atoms with Crippen LogP contribution in [0.5, 0.6) is 0 Å². The van der Waals surface area contributed by atoms with Gasteiger partial charge in [0.05, 0.1) is 4.47 Å². The number of hydrogen-bond acceptors (Lipinski definition) is 3. The van der Waals surface area contributed by atoms with E-state index in [4.69, 9.17) is 10.2 Å². The number of carbonyl (C=O) groups excluding carboxylic acids is 1. The topological polar surface area (TPSA) is 86.6 Å². The van der Waals surface area contributed by atoms with Gasteiger partial charge in [-0.1, -0.05) is 0 Å². The molecule has 0 aliphatic heterocycles. The lowest BCUT2D eigenvalue weighted by atomic mass is 10.1. The number of carbonyl (C=O) groups is 2. The highest BCUT2D eigenvalue weighted by molar-refractivity contribution is 9.10. The Labute approximate surface area is 111 Å². The number of rotatable bonds is 5. The third-order valence-corrected chi connectivity index (χ3v) is 2.81. The number of aliphatic carboxylic acids is 1. The van der Waals surface area contributed by atoms with Gasteiger partial charge in [0.2, 0.25) is 0 Å². The van der Waals surface area contributed by atoms with E-state index in [1.807, 2.05) is 0 Å². The van der Waals surface area contributed by atoms with Gasteiger partial charge in [-0.25, -0.2) is 9.18 Å². The minimum absolute atomic E-state index is 0.0938. The number of aliphatic hydroxyl groups is 1. The smallest absolute Gasteiger partial charge is 0.326 e. The highest BCUT2D eigenvalue weighted by atomic mass is 79.9. The molecule has 98 valence electrons. The number of carboxylic acid groups (broad SMARTS) is 1. The Morgan fingerprint density at radius 3 is 2.61 bits per heavy atom. The maximum absolute atomic E-state index is 13.0. The summed E-state index contributed by atoms with van der Waals surface area (Å²) in [6, 6.07) is 2.42. The van der Waals surface area contributed by atoms with E-state index >= 15 is 0 Å². The molecule has 1 aromatic carbocycles. The Kier molecular flexibility index (Phi) is 5.24. The highest BCUT2D eigenvalue weighted by Crippen LogP contribution is 2.16. The van der Waals surface area contributed by atoms with E-state index in [0.29, 0.717) is 0 Å². The molecule has 0 bridgehead atoms. The van der Waals surface area contributed by atoms with Crippen LogP contribution in [0.4, 0.5) is 4.39 Å². The molecule has 3 N–H and O–H groups in total. The minimum Gasteiger partial charge on any atom is -0.480 e. The molecule has 0 aliphatic rings. The van der Waals surface area contributed by atoms with Crippen molar-refractivity contribution >= 4 is 27.8 Å². The van der Waals surface area contributed by atoms with E-state index in [0.717, 1.165) is 6.07 Å². The molecular formula is C11H11BrFNO4. The molecule has 0 aliphatic carbocycles. The van der Waals surface area contributed by atoms with Crippen molar-refractivity contribution in [3.8, 4) is 0 Å². The maximum atomic E-state index is 13.0. The van der Waals surface area contributed by atoms with Gasteiger partial charge in [-0.05, 0) is 34.1 Å². The molecule has 5 nitrogen and oxygen atoms in total. The van der Waals surface area contributed by atoms with Gasteiger partial charge < -0.3 is 15.5 Å². The monoisotopic (exact) mass is 319 g/mol. The maximum Gasteiger partial charge on any atom is 0.326 e. The number of amides is 1. The summed E-state index contributed by atoms with van der Waals surface area (Å²) in [6.07, 6.45) is -0.0938. The lowest BCUT2D eigenvalue weighted by Crippen LogP contribution is -2.41. The number of hydrogen-bond donors (Lipinski definition) is 3. The molecule has 0 aromatic heterocycles. The van der Waals surface area contributed by atoms with Gasteiger partial charge >= 0.3 is 5.97 Å². The quantitative estimate of drug-likeness (QED) is 0.760. The Bertz CT molecular complexity index is 466. The van der Waals surface area contributed by atoms with Crippen molar-refractivity contribution in [2.24, 2.45) is 0 Å². The molecule has 18 heavy (non-hydrogen) atoms. The molecule has 1 atom stereocenters. The molecule has 0 unspecified atom stereocenters. The predicted octanol–water partition coefficient (Wildman–Crippen LogP) is 1.15. The van der Waals surface area contributed by atoms with Crippen LogP contribution in [0.2, 0.25) is 0 Å². The van der Waals surface area contributed by atoms with E-state index < -0.39 is 23.7 Å². The fourth-order valence-electron chi connectivity index (χ4n) is 1.27. The van der Waals surface area contributed by atoms with Gasteiger partial charge in [-0.2, -0.15) is 0 Å². The van der Waals surface area contributed by atoms with Crippen LogP contribution in [0, 0.1) is 5.82 Å². The number of halogens is 2. The normalized spacial score (nSPS) is 11.9. The first-order valence-corrected chi connectivity index (χ1v) is 5.84. The molecule has 0 radical (unpaired) electrons. The number of carboxylic acids is 1. The number of benzene rings is 1. The van der Waals surface area contributed by atoms with Crippen LogP contribution in [-0.2, 0) is 4.79 Å². The molecule has 0 saturated carbocycles. The zero-order valence-corrected chi connectivity index (χ0v) is 10.8. The molecule has 1 amide bonds. The van der Waals surface area contributed by atoms with Crippen LogP contribution in [0.1, 0.15) is 16.8 Å². The molecular weight excluding hydrogens is 309 g/mol. The molecule has 0 heterocycles. The summed E-state index contributed by atoms with van der Waals surface area (Å²) in [4.78, 5) is 22.5. The van der Waals surface area contributed by atoms with Gasteiger partial charge in [0.1, 0.15) is 11.9 Å². The molecule has 0 spiro atoms. The van der Waals surface area contributed by atoms with E-state index in [-0.39, 0.29) is 23.1 Å². The van der Waals surface area contributed by atoms with Crippen molar-refractivity contribution in [3.05, 3.63) is 34.1 Å². The van der Waals surface area contributed by atoms with Crippen LogP contribution >= 0.6 is 15.9 Å². The largest absolute Gasteiger partial charge is 0.480 e. The highest BCUT2D eigenvalue weighted by Gasteiger charge is 2.20. The summed E-state index contributed by atoms with van der Waals surface area (Å²) >= 11 is 2.93. The first-order valence-electron chi connectivity index (χ1n) is 5.05. The van der Waals surface area contributed by atoms with Gasteiger partial charge in [0.15, 0.2) is 0 Å². The van der Waals surface area contributed by atoms with Crippen LogP contribution < -0.4 is 5.32 Å². The summed E-state index contributed by atoms with van der Waals surface area (Å²) in [5, 5.41) is 19.7. The van der Waals surface area contributed by atoms with Gasteiger partial charge in [-0.15, -0.1) is 0 Å². The number of aliphatic hydroxyl groups excluding tert-OH is 1. The van der Waals surface area contributed by atoms with Crippen molar-refractivity contribution in [1.82, 2.24) is 5.32 Å². The first kappa shape index (κ1) is 14.6. The zero-order valence-electron chi connectivity index (χ0n) is 9.19. The Morgan fingerprint density at radius 1 is 1.44 bits per heavy atom. The fraction of sp³-hybridized carbons (Fsp3) is 0.273. The summed E-state index contributed by atoms with van der Waals surface area (Å²) in [5.74, 6) is -2.40. The summed E-state index contributed by atoms with van der Waals surface area (Å²) < 4.78 is 13.1. The lowest BCUT2D eigenvalue weighted by Gasteiger charge is -2.13. The van der Waals surface area contributed by atoms with Gasteiger partial charge in [0, 0.05) is 18.6 Å². The fourth-order valence-corrected chi connectivity index (χ4v) is 1.64. The third-order valence-electron chi connectivity index (χ3n) is 2.20. The third kappa shape index (κ3) is 3.78. The van der Waals surface area contributed by atoms with E-state index in [1.165, 1.54) is 12.1 Å². The van der Waals surface area contributed by atoms with E-state index in [1.54, 1.807) is 0 Å². The average Bonchev–Trinajstić information content (AvgIpc) is 2.31. The zero-order chi connectivity index (χ0) is 13.7. The van der Waals surface area contributed by atoms with Crippen molar-refractivity contribution in [1.29, 1.82) is 0 Å². The second-order valence-corrected chi connectivity index (χ2v) is 4.36. The molecule has 0 saturated heterocycles. The van der Waals surface area contributed by atoms with E-state index in [9.17, 15) is 14.0 Å². The second kappa shape index (κ2) is 6.46. The summed E-state index contributed by atoms with van der Waals surface area (Å²) in [5.41, 5.74) is 0.132. The molecule has 7 heteroatoms. The van der Waals surface area contributed by atoms with Crippen molar-refractivity contribution < 1.29 is 24.2 Å². The molecule has 1 rings (SSSR count). The Hall–Kier alpha value is -1.47. The number of nitrogens with one attached hydrogen (secondary N) is 1. The predicted molar refractivity (Wildman–Crippen MR) is 64.7 cm³/mol. The van der Waals surface area contributed by atoms with Gasteiger partial charge in [0.25, 0.3) is 5.91 Å². The van der Waals surface area contributed by atoms with Gasteiger partial charge in [-0.3, -0.25) is 4.79 Å². The van der Waals surface area contributed by atoms with Crippen molar-refractivity contribution in [2.45, 2.75) is 12.5 Å². The van der Waals surface area contributed by atoms with E-state index in [2.05, 4.69) is 21.2 Å². The van der Waals surface area contributed by atoms with Crippen molar-refractivity contribution in [3.63, 3.8) is 0 Å². The molecule has 0 fully saturated rings. The second-order valence-electron chi connectivity index (χ2n) is 3.51. The van der Waals surface area contributed by atoms with Crippen LogP contribution in [0.3, 0.4) is 0 Å². The van der Waals surface area contributed by atoms with Crippen molar-refractivity contribution in [2.75, 3.05) is 6.61 Å². The lowest BCUT2D eigenvalue weighted by molar-refractivity contribution is -0.139. The SMILES string of the molecule is O=C(N[C@H](CCO)C(=O)O)c1ccc(F)c(Br)c1.